The highest BCUT2D eigenvalue weighted by Gasteiger charge is 2.24. The molecule has 1 aromatic heterocycles. The molecule has 1 aliphatic rings. The lowest BCUT2D eigenvalue weighted by molar-refractivity contribution is 0.103. The second-order valence-electron chi connectivity index (χ2n) is 5.07. The Hall–Kier alpha value is -2.15. The molecular formula is C14H15FN4OS. The van der Waals surface area contributed by atoms with Gasteiger partial charge in [0, 0.05) is 11.7 Å². The number of nitrogens with two attached hydrogens (primary N) is 1. The zero-order valence-corrected chi connectivity index (χ0v) is 12.3. The summed E-state index contributed by atoms with van der Waals surface area (Å²) in [6.07, 6.45) is 2.23. The van der Waals surface area contributed by atoms with Crippen molar-refractivity contribution in [2.75, 3.05) is 16.4 Å². The molecule has 110 valence electrons. The summed E-state index contributed by atoms with van der Waals surface area (Å²) in [6, 6.07) is 4.99. The van der Waals surface area contributed by atoms with Crippen molar-refractivity contribution in [3.8, 4) is 0 Å². The SMILES string of the molecule is Cc1ccc(NC(=O)c2sc(NC3CC3)nc2N)cc1F. The number of carbonyl (C=O) groups excluding carboxylic acids is 1. The first-order valence-electron chi connectivity index (χ1n) is 6.63. The van der Waals surface area contributed by atoms with Crippen molar-refractivity contribution in [1.82, 2.24) is 4.98 Å². The van der Waals surface area contributed by atoms with E-state index in [1.54, 1.807) is 19.1 Å². The number of anilines is 3. The molecule has 0 aliphatic heterocycles. The Morgan fingerprint density at radius 2 is 2.24 bits per heavy atom. The fourth-order valence-electron chi connectivity index (χ4n) is 1.82. The normalized spacial score (nSPS) is 14.0. The zero-order chi connectivity index (χ0) is 15.0. The van der Waals surface area contributed by atoms with Crippen LogP contribution in [0, 0.1) is 12.7 Å². The van der Waals surface area contributed by atoms with Gasteiger partial charge in [-0.05, 0) is 37.5 Å². The molecule has 21 heavy (non-hydrogen) atoms. The van der Waals surface area contributed by atoms with Crippen LogP contribution in [0.4, 0.5) is 21.0 Å². The fraction of sp³-hybridized carbons (Fsp3) is 0.286. The van der Waals surface area contributed by atoms with Crippen LogP contribution in [0.3, 0.4) is 0 Å². The molecule has 4 N–H and O–H groups in total. The largest absolute Gasteiger partial charge is 0.382 e. The first kappa shape index (κ1) is 13.8. The summed E-state index contributed by atoms with van der Waals surface area (Å²) >= 11 is 1.21. The zero-order valence-electron chi connectivity index (χ0n) is 11.4. The van der Waals surface area contributed by atoms with Crippen molar-refractivity contribution in [2.45, 2.75) is 25.8 Å². The van der Waals surface area contributed by atoms with Crippen LogP contribution >= 0.6 is 11.3 Å². The molecule has 1 heterocycles. The molecule has 2 aromatic rings. The fourth-order valence-corrected chi connectivity index (χ4v) is 2.67. The molecule has 5 nitrogen and oxygen atoms in total. The van der Waals surface area contributed by atoms with Gasteiger partial charge in [-0.1, -0.05) is 17.4 Å². The number of nitrogen functional groups attached to an aromatic ring is 1. The second-order valence-corrected chi connectivity index (χ2v) is 6.07. The van der Waals surface area contributed by atoms with Crippen molar-refractivity contribution >= 4 is 33.9 Å². The standard InChI is InChI=1S/C14H15FN4OS/c1-7-2-3-9(6-10(7)15)17-13(20)11-12(16)19-14(21-11)18-8-4-5-8/h2-3,6,8H,4-5,16H2,1H3,(H,17,20)(H,18,19). The monoisotopic (exact) mass is 306 g/mol. The molecule has 7 heteroatoms. The molecule has 0 unspecified atom stereocenters. The number of hydrogen-bond acceptors (Lipinski definition) is 5. The Bertz CT molecular complexity index is 696. The maximum Gasteiger partial charge on any atom is 0.269 e. The number of halogens is 1. The lowest BCUT2D eigenvalue weighted by Crippen LogP contribution is -2.12. The van der Waals surface area contributed by atoms with Crippen LogP contribution in [-0.4, -0.2) is 16.9 Å². The van der Waals surface area contributed by atoms with E-state index in [1.165, 1.54) is 17.4 Å². The third-order valence-corrected chi connectivity index (χ3v) is 4.20. The van der Waals surface area contributed by atoms with E-state index in [0.29, 0.717) is 27.3 Å². The highest BCUT2D eigenvalue weighted by Crippen LogP contribution is 2.31. The van der Waals surface area contributed by atoms with Gasteiger partial charge in [0.15, 0.2) is 5.13 Å². The van der Waals surface area contributed by atoms with Gasteiger partial charge < -0.3 is 16.4 Å². The predicted molar refractivity (Wildman–Crippen MR) is 82.3 cm³/mol. The molecule has 1 amide bonds. The van der Waals surface area contributed by atoms with Crippen LogP contribution in [0.25, 0.3) is 0 Å². The van der Waals surface area contributed by atoms with Crippen LogP contribution in [-0.2, 0) is 0 Å². The number of aromatic nitrogens is 1. The summed E-state index contributed by atoms with van der Waals surface area (Å²) in [6.45, 7) is 1.66. The van der Waals surface area contributed by atoms with Crippen molar-refractivity contribution in [1.29, 1.82) is 0 Å². The van der Waals surface area contributed by atoms with Crippen LogP contribution < -0.4 is 16.4 Å². The van der Waals surface area contributed by atoms with E-state index in [9.17, 15) is 9.18 Å². The summed E-state index contributed by atoms with van der Waals surface area (Å²) in [5.41, 5.74) is 6.70. The van der Waals surface area contributed by atoms with Gasteiger partial charge in [0.05, 0.1) is 0 Å². The quantitative estimate of drug-likeness (QED) is 0.811. The number of thiazole rings is 1. The Morgan fingerprint density at radius 3 is 2.90 bits per heavy atom. The summed E-state index contributed by atoms with van der Waals surface area (Å²) in [5.74, 6) is -0.550. The van der Waals surface area contributed by atoms with Crippen molar-refractivity contribution in [3.05, 3.63) is 34.5 Å². The van der Waals surface area contributed by atoms with Gasteiger partial charge in [-0.2, -0.15) is 0 Å². The predicted octanol–water partition coefficient (Wildman–Crippen LogP) is 3.00. The van der Waals surface area contributed by atoms with Crippen LogP contribution in [0.1, 0.15) is 28.1 Å². The number of hydrogen-bond donors (Lipinski definition) is 3. The molecule has 1 aromatic carbocycles. The number of aryl methyl sites for hydroxylation is 1. The molecule has 0 bridgehead atoms. The number of benzene rings is 1. The molecule has 0 saturated heterocycles. The summed E-state index contributed by atoms with van der Waals surface area (Å²) < 4.78 is 13.5. The summed E-state index contributed by atoms with van der Waals surface area (Å²) in [5, 5.41) is 6.48. The van der Waals surface area contributed by atoms with Crippen LogP contribution in [0.2, 0.25) is 0 Å². The number of amides is 1. The molecule has 0 radical (unpaired) electrons. The first-order chi connectivity index (χ1) is 10.0. The average molecular weight is 306 g/mol. The van der Waals surface area contributed by atoms with E-state index in [4.69, 9.17) is 5.73 Å². The average Bonchev–Trinajstić information content (AvgIpc) is 3.16. The lowest BCUT2D eigenvalue weighted by atomic mass is 10.2. The number of nitrogens with zero attached hydrogens (tertiary/aromatic N) is 1. The van der Waals surface area contributed by atoms with Crippen molar-refractivity contribution < 1.29 is 9.18 Å². The summed E-state index contributed by atoms with van der Waals surface area (Å²) in [7, 11) is 0. The lowest BCUT2D eigenvalue weighted by Gasteiger charge is -2.05. The molecule has 1 fully saturated rings. The third-order valence-electron chi connectivity index (χ3n) is 3.19. The van der Waals surface area contributed by atoms with Gasteiger partial charge in [-0.25, -0.2) is 9.37 Å². The molecule has 1 saturated carbocycles. The Balaban J connectivity index is 1.74. The smallest absolute Gasteiger partial charge is 0.269 e. The van der Waals surface area contributed by atoms with Gasteiger partial charge >= 0.3 is 0 Å². The van der Waals surface area contributed by atoms with Gasteiger partial charge in [-0.3, -0.25) is 4.79 Å². The highest BCUT2D eigenvalue weighted by molar-refractivity contribution is 7.18. The van der Waals surface area contributed by atoms with E-state index < -0.39 is 0 Å². The third kappa shape index (κ3) is 3.13. The molecule has 0 spiro atoms. The molecular weight excluding hydrogens is 291 g/mol. The number of rotatable bonds is 4. The maximum absolute atomic E-state index is 13.5. The highest BCUT2D eigenvalue weighted by atomic mass is 32.1. The van der Waals surface area contributed by atoms with Crippen LogP contribution in [0.15, 0.2) is 18.2 Å². The van der Waals surface area contributed by atoms with Gasteiger partial charge in [0.2, 0.25) is 0 Å². The topological polar surface area (TPSA) is 80.0 Å². The molecule has 0 atom stereocenters. The first-order valence-corrected chi connectivity index (χ1v) is 7.45. The Kier molecular flexibility index (Phi) is 3.50. The van der Waals surface area contributed by atoms with Crippen LogP contribution in [0.5, 0.6) is 0 Å². The van der Waals surface area contributed by atoms with Gasteiger partial charge in [0.1, 0.15) is 16.5 Å². The number of carbonyl (C=O) groups is 1. The van der Waals surface area contributed by atoms with E-state index in [-0.39, 0.29) is 17.5 Å². The Morgan fingerprint density at radius 1 is 1.48 bits per heavy atom. The van der Waals surface area contributed by atoms with E-state index in [2.05, 4.69) is 15.6 Å². The number of nitrogens with one attached hydrogen (secondary N) is 2. The van der Waals surface area contributed by atoms with E-state index in [1.807, 2.05) is 0 Å². The van der Waals surface area contributed by atoms with Crippen molar-refractivity contribution in [3.63, 3.8) is 0 Å². The minimum atomic E-state index is -0.378. The van der Waals surface area contributed by atoms with E-state index in [0.717, 1.165) is 12.8 Å². The second kappa shape index (κ2) is 5.33. The molecule has 3 rings (SSSR count). The molecule has 1 aliphatic carbocycles. The maximum atomic E-state index is 13.5. The minimum absolute atomic E-state index is 0.188. The van der Waals surface area contributed by atoms with Crippen molar-refractivity contribution in [2.24, 2.45) is 0 Å². The summed E-state index contributed by atoms with van der Waals surface area (Å²) in [4.78, 5) is 16.6. The Labute approximate surface area is 125 Å². The van der Waals surface area contributed by atoms with E-state index >= 15 is 0 Å². The van der Waals surface area contributed by atoms with Gasteiger partial charge in [0.25, 0.3) is 5.91 Å². The minimum Gasteiger partial charge on any atom is -0.382 e. The van der Waals surface area contributed by atoms with Gasteiger partial charge in [-0.15, -0.1) is 0 Å².